The Morgan fingerprint density at radius 2 is 1.72 bits per heavy atom. The highest BCUT2D eigenvalue weighted by molar-refractivity contribution is 5.83. The molecule has 0 aliphatic rings. The third kappa shape index (κ3) is 3.40. The van der Waals surface area contributed by atoms with Gasteiger partial charge in [0.1, 0.15) is 23.3 Å². The molecule has 0 N–H and O–H groups in total. The lowest BCUT2D eigenvalue weighted by Gasteiger charge is -2.08. The van der Waals surface area contributed by atoms with Crippen molar-refractivity contribution in [2.24, 2.45) is 5.92 Å². The van der Waals surface area contributed by atoms with Gasteiger partial charge in [-0.15, -0.1) is 0 Å². The van der Waals surface area contributed by atoms with E-state index in [2.05, 4.69) is 0 Å². The Kier molecular flexibility index (Phi) is 4.57. The van der Waals surface area contributed by atoms with Crippen LogP contribution in [0, 0.1) is 5.92 Å². The average molecular weight is 338 g/mol. The summed E-state index contributed by atoms with van der Waals surface area (Å²) in [6.45, 7) is 3.51. The molecule has 128 valence electrons. The minimum atomic E-state index is -0.337. The summed E-state index contributed by atoms with van der Waals surface area (Å²) in [7, 11) is 1.59. The highest BCUT2D eigenvalue weighted by Gasteiger charge is 2.13. The van der Waals surface area contributed by atoms with Crippen LogP contribution in [0.5, 0.6) is 11.5 Å². The number of methoxy groups -OCH3 is 1. The Hall–Kier alpha value is -3.08. The van der Waals surface area contributed by atoms with Crippen LogP contribution in [-0.2, 0) is 4.79 Å². The van der Waals surface area contributed by atoms with Gasteiger partial charge in [0, 0.05) is 6.07 Å². The second-order valence-corrected chi connectivity index (χ2v) is 5.94. The first-order valence-corrected chi connectivity index (χ1v) is 7.91. The molecule has 1 heterocycles. The van der Waals surface area contributed by atoms with Crippen molar-refractivity contribution < 1.29 is 18.7 Å². The molecule has 1 aromatic heterocycles. The van der Waals surface area contributed by atoms with Crippen molar-refractivity contribution in [3.63, 3.8) is 0 Å². The van der Waals surface area contributed by atoms with Gasteiger partial charge in [-0.05, 0) is 29.8 Å². The second-order valence-electron chi connectivity index (χ2n) is 5.94. The van der Waals surface area contributed by atoms with E-state index in [-0.39, 0.29) is 17.3 Å². The highest BCUT2D eigenvalue weighted by Crippen LogP contribution is 2.24. The van der Waals surface area contributed by atoms with Crippen molar-refractivity contribution in [1.29, 1.82) is 0 Å². The molecule has 3 rings (SSSR count). The summed E-state index contributed by atoms with van der Waals surface area (Å²) in [5.74, 6) is 0.494. The van der Waals surface area contributed by atoms with E-state index in [1.165, 1.54) is 6.26 Å². The van der Waals surface area contributed by atoms with Crippen LogP contribution in [0.15, 0.2) is 57.9 Å². The SMILES string of the molecule is COc1ccc(-c2coc3cc(OC(=O)C(C)C)ccc3c2=O)cc1. The number of ether oxygens (including phenoxy) is 2. The molecule has 0 saturated heterocycles. The molecule has 0 spiro atoms. The zero-order chi connectivity index (χ0) is 18.0. The first-order valence-electron chi connectivity index (χ1n) is 7.91. The van der Waals surface area contributed by atoms with E-state index < -0.39 is 0 Å². The molecule has 2 aromatic carbocycles. The van der Waals surface area contributed by atoms with Crippen molar-refractivity contribution in [2.75, 3.05) is 7.11 Å². The monoisotopic (exact) mass is 338 g/mol. The van der Waals surface area contributed by atoms with Crippen LogP contribution >= 0.6 is 0 Å². The van der Waals surface area contributed by atoms with Crippen LogP contribution in [0.3, 0.4) is 0 Å². The molecule has 0 aliphatic carbocycles. The van der Waals surface area contributed by atoms with E-state index in [4.69, 9.17) is 13.9 Å². The van der Waals surface area contributed by atoms with E-state index >= 15 is 0 Å². The first kappa shape index (κ1) is 16.8. The molecular formula is C20H18O5. The molecule has 0 saturated carbocycles. The van der Waals surface area contributed by atoms with Crippen molar-refractivity contribution in [1.82, 2.24) is 0 Å². The largest absolute Gasteiger partial charge is 0.497 e. The molecule has 5 heteroatoms. The molecule has 5 nitrogen and oxygen atoms in total. The Balaban J connectivity index is 2.00. The number of hydrogen-bond donors (Lipinski definition) is 0. The Bertz CT molecular complexity index is 968. The van der Waals surface area contributed by atoms with Gasteiger partial charge in [-0.2, -0.15) is 0 Å². The Morgan fingerprint density at radius 1 is 1.04 bits per heavy atom. The lowest BCUT2D eigenvalue weighted by molar-refractivity contribution is -0.137. The number of carbonyl (C=O) groups is 1. The summed E-state index contributed by atoms with van der Waals surface area (Å²) in [5.41, 5.74) is 1.43. The summed E-state index contributed by atoms with van der Waals surface area (Å²) in [4.78, 5) is 24.4. The highest BCUT2D eigenvalue weighted by atomic mass is 16.5. The van der Waals surface area contributed by atoms with E-state index in [1.54, 1.807) is 63.4 Å². The van der Waals surface area contributed by atoms with Gasteiger partial charge >= 0.3 is 5.97 Å². The number of hydrogen-bond acceptors (Lipinski definition) is 5. The molecule has 0 amide bonds. The van der Waals surface area contributed by atoms with Crippen LogP contribution in [0.4, 0.5) is 0 Å². The van der Waals surface area contributed by atoms with Crippen molar-refractivity contribution in [3.8, 4) is 22.6 Å². The Morgan fingerprint density at radius 3 is 2.36 bits per heavy atom. The van der Waals surface area contributed by atoms with Crippen LogP contribution in [0.2, 0.25) is 0 Å². The predicted molar refractivity (Wildman–Crippen MR) is 94.9 cm³/mol. The number of carbonyl (C=O) groups excluding carboxylic acids is 1. The number of benzene rings is 2. The summed E-state index contributed by atoms with van der Waals surface area (Å²) in [5, 5.41) is 0.428. The number of rotatable bonds is 4. The summed E-state index contributed by atoms with van der Waals surface area (Å²) in [6.07, 6.45) is 1.42. The van der Waals surface area contributed by atoms with Crippen LogP contribution in [0.25, 0.3) is 22.1 Å². The zero-order valence-corrected chi connectivity index (χ0v) is 14.2. The third-order valence-corrected chi connectivity index (χ3v) is 3.84. The van der Waals surface area contributed by atoms with Crippen LogP contribution < -0.4 is 14.9 Å². The lowest BCUT2D eigenvalue weighted by Crippen LogP contribution is -2.14. The smallest absolute Gasteiger partial charge is 0.313 e. The van der Waals surface area contributed by atoms with E-state index in [0.717, 1.165) is 5.56 Å². The van der Waals surface area contributed by atoms with Gasteiger partial charge in [-0.1, -0.05) is 26.0 Å². The molecule has 0 atom stereocenters. The molecular weight excluding hydrogens is 320 g/mol. The number of fused-ring (bicyclic) bond motifs is 1. The molecule has 0 bridgehead atoms. The summed E-state index contributed by atoms with van der Waals surface area (Å²) >= 11 is 0. The maximum absolute atomic E-state index is 12.7. The van der Waals surface area contributed by atoms with Crippen LogP contribution in [-0.4, -0.2) is 13.1 Å². The second kappa shape index (κ2) is 6.81. The topological polar surface area (TPSA) is 65.7 Å². The van der Waals surface area contributed by atoms with Crippen molar-refractivity contribution >= 4 is 16.9 Å². The van der Waals surface area contributed by atoms with Gasteiger partial charge in [0.25, 0.3) is 0 Å². The molecule has 0 unspecified atom stereocenters. The normalized spacial score (nSPS) is 10.9. The molecule has 0 radical (unpaired) electrons. The summed E-state index contributed by atoms with van der Waals surface area (Å²) < 4.78 is 16.0. The minimum Gasteiger partial charge on any atom is -0.497 e. The van der Waals surface area contributed by atoms with Crippen molar-refractivity contribution in [3.05, 3.63) is 59.0 Å². The minimum absolute atomic E-state index is 0.145. The van der Waals surface area contributed by atoms with E-state index in [9.17, 15) is 9.59 Å². The maximum atomic E-state index is 12.7. The first-order chi connectivity index (χ1) is 12.0. The Labute approximate surface area is 144 Å². The van der Waals surface area contributed by atoms with Gasteiger partial charge in [0.2, 0.25) is 0 Å². The summed E-state index contributed by atoms with van der Waals surface area (Å²) in [6, 6.07) is 11.9. The van der Waals surface area contributed by atoms with Gasteiger partial charge in [-0.3, -0.25) is 9.59 Å². The quantitative estimate of drug-likeness (QED) is 0.531. The number of esters is 1. The third-order valence-electron chi connectivity index (χ3n) is 3.84. The van der Waals surface area contributed by atoms with E-state index in [0.29, 0.717) is 28.0 Å². The zero-order valence-electron chi connectivity index (χ0n) is 14.2. The fourth-order valence-corrected chi connectivity index (χ4v) is 2.38. The fraction of sp³-hybridized carbons (Fsp3) is 0.200. The molecule has 3 aromatic rings. The molecule has 25 heavy (non-hydrogen) atoms. The molecule has 0 aliphatic heterocycles. The van der Waals surface area contributed by atoms with Gasteiger partial charge < -0.3 is 13.9 Å². The standard InChI is InChI=1S/C20H18O5/c1-12(2)20(22)25-15-8-9-16-18(10-15)24-11-17(19(16)21)13-4-6-14(23-3)7-5-13/h4-12H,1-3H3. The predicted octanol–water partition coefficient (Wildman–Crippen LogP) is 4.03. The fourth-order valence-electron chi connectivity index (χ4n) is 2.38. The van der Waals surface area contributed by atoms with Gasteiger partial charge in [0.15, 0.2) is 5.43 Å². The maximum Gasteiger partial charge on any atom is 0.313 e. The van der Waals surface area contributed by atoms with E-state index in [1.807, 2.05) is 0 Å². The van der Waals surface area contributed by atoms with Crippen LogP contribution in [0.1, 0.15) is 13.8 Å². The average Bonchev–Trinajstić information content (AvgIpc) is 2.62. The van der Waals surface area contributed by atoms with Gasteiger partial charge in [-0.25, -0.2) is 0 Å². The van der Waals surface area contributed by atoms with Gasteiger partial charge in [0.05, 0.1) is 24.0 Å². The molecule has 0 fully saturated rings. The lowest BCUT2D eigenvalue weighted by atomic mass is 10.1. The van der Waals surface area contributed by atoms with Crippen molar-refractivity contribution in [2.45, 2.75) is 13.8 Å².